The van der Waals surface area contributed by atoms with E-state index in [9.17, 15) is 14.7 Å². The maximum atomic E-state index is 13.3. The third-order valence-electron chi connectivity index (χ3n) is 10.1. The van der Waals surface area contributed by atoms with Crippen LogP contribution in [-0.4, -0.2) is 28.7 Å². The zero-order valence-corrected chi connectivity index (χ0v) is 20.6. The van der Waals surface area contributed by atoms with Gasteiger partial charge in [0.25, 0.3) is 0 Å². The molecule has 0 heterocycles. The van der Waals surface area contributed by atoms with E-state index in [-0.39, 0.29) is 34.6 Å². The molecule has 0 aromatic carbocycles. The summed E-state index contributed by atoms with van der Waals surface area (Å²) in [5.41, 5.74) is 1.60. The number of rotatable bonds is 6. The molecule has 174 valence electrons. The highest BCUT2D eigenvalue weighted by Crippen LogP contribution is 2.66. The largest absolute Gasteiger partial charge is 0.393 e. The number of fused-ring (bicyclic) bond motifs is 5. The predicted octanol–water partition coefficient (Wildman–Crippen LogP) is 5.97. The lowest BCUT2D eigenvalue weighted by Crippen LogP contribution is -2.51. The first-order valence-electron chi connectivity index (χ1n) is 12.6. The monoisotopic (exact) mass is 448 g/mol. The van der Waals surface area contributed by atoms with E-state index < -0.39 is 0 Å². The van der Waals surface area contributed by atoms with Gasteiger partial charge in [0.1, 0.15) is 11.6 Å². The van der Waals surface area contributed by atoms with Gasteiger partial charge >= 0.3 is 0 Å². The third kappa shape index (κ3) is 3.86. The lowest BCUT2D eigenvalue weighted by molar-refractivity contribution is -0.134. The van der Waals surface area contributed by atoms with Crippen LogP contribution in [-0.2, 0) is 9.59 Å². The highest BCUT2D eigenvalue weighted by Gasteiger charge is 2.62. The topological polar surface area (TPSA) is 54.4 Å². The molecule has 9 atom stereocenters. The molecule has 3 nitrogen and oxygen atoms in total. The molecule has 0 aromatic heterocycles. The Morgan fingerprint density at radius 1 is 1.19 bits per heavy atom. The summed E-state index contributed by atoms with van der Waals surface area (Å²) in [6.45, 7) is 8.84. The highest BCUT2D eigenvalue weighted by molar-refractivity contribution is 6.18. The minimum Gasteiger partial charge on any atom is -0.393 e. The fourth-order valence-corrected chi connectivity index (χ4v) is 8.36. The number of hydrogen-bond donors (Lipinski definition) is 1. The number of aliphatic hydroxyl groups excluding tert-OH is 1. The first kappa shape index (κ1) is 23.5. The number of carbonyl (C=O) groups is 2. The zero-order chi connectivity index (χ0) is 22.6. The van der Waals surface area contributed by atoms with Crippen LogP contribution in [0.15, 0.2) is 11.6 Å². The summed E-state index contributed by atoms with van der Waals surface area (Å²) in [6.07, 6.45) is 10.3. The molecule has 3 fully saturated rings. The van der Waals surface area contributed by atoms with Crippen LogP contribution < -0.4 is 0 Å². The minimum atomic E-state index is -0.185. The van der Waals surface area contributed by atoms with Gasteiger partial charge in [-0.05, 0) is 79.4 Å². The summed E-state index contributed by atoms with van der Waals surface area (Å²) >= 11 is 5.93. The van der Waals surface area contributed by atoms with E-state index in [1.165, 1.54) is 5.57 Å². The molecule has 1 N–H and O–H groups in total. The standard InChI is InChI=1S/C27H41ClO3/c1-16(15-28)5-8-23(30)17(2)25-24(31)14-22-20-7-6-18-13-19(29)9-11-26(18,3)21(20)10-12-27(22,25)4/h6,16-17,19-22,25,29H,5,7-15H2,1-4H3/t16-,17-,19+,20-,21+,22-,25+,26+,27+/m1/s1. The molecule has 0 bridgehead atoms. The molecule has 0 unspecified atom stereocenters. The van der Waals surface area contributed by atoms with Gasteiger partial charge in [0, 0.05) is 30.6 Å². The summed E-state index contributed by atoms with van der Waals surface area (Å²) in [5, 5.41) is 10.2. The van der Waals surface area contributed by atoms with Gasteiger partial charge in [0.15, 0.2) is 0 Å². The number of carbonyl (C=O) groups excluding carboxylic acids is 2. The molecule has 4 rings (SSSR count). The van der Waals surface area contributed by atoms with E-state index in [1.807, 2.05) is 6.92 Å². The van der Waals surface area contributed by atoms with Crippen molar-refractivity contribution in [2.24, 2.45) is 46.3 Å². The Morgan fingerprint density at radius 2 is 1.94 bits per heavy atom. The van der Waals surface area contributed by atoms with Crippen LogP contribution in [0.5, 0.6) is 0 Å². The predicted molar refractivity (Wildman–Crippen MR) is 125 cm³/mol. The van der Waals surface area contributed by atoms with Gasteiger partial charge in [-0.15, -0.1) is 11.6 Å². The van der Waals surface area contributed by atoms with E-state index in [0.717, 1.165) is 44.9 Å². The van der Waals surface area contributed by atoms with Crippen molar-refractivity contribution in [3.05, 3.63) is 11.6 Å². The minimum absolute atomic E-state index is 0.0543. The summed E-state index contributed by atoms with van der Waals surface area (Å²) in [6, 6.07) is 0. The first-order chi connectivity index (χ1) is 14.6. The summed E-state index contributed by atoms with van der Waals surface area (Å²) in [7, 11) is 0. The Balaban J connectivity index is 1.54. The zero-order valence-electron chi connectivity index (χ0n) is 19.8. The molecular formula is C27H41ClO3. The van der Waals surface area contributed by atoms with Gasteiger partial charge in [0.05, 0.1) is 6.10 Å². The molecule has 0 aliphatic heterocycles. The maximum Gasteiger partial charge on any atom is 0.137 e. The van der Waals surface area contributed by atoms with Crippen molar-refractivity contribution in [2.75, 3.05) is 5.88 Å². The molecule has 4 aliphatic carbocycles. The highest BCUT2D eigenvalue weighted by atomic mass is 35.5. The van der Waals surface area contributed by atoms with Crippen molar-refractivity contribution in [1.29, 1.82) is 0 Å². The van der Waals surface area contributed by atoms with Gasteiger partial charge in [-0.3, -0.25) is 9.59 Å². The molecule has 0 amide bonds. The van der Waals surface area contributed by atoms with Crippen LogP contribution >= 0.6 is 11.6 Å². The van der Waals surface area contributed by atoms with Gasteiger partial charge in [-0.2, -0.15) is 0 Å². The number of hydrogen-bond acceptors (Lipinski definition) is 3. The second kappa shape index (κ2) is 8.60. The van der Waals surface area contributed by atoms with E-state index in [0.29, 0.717) is 48.2 Å². The van der Waals surface area contributed by atoms with Crippen molar-refractivity contribution in [1.82, 2.24) is 0 Å². The molecule has 31 heavy (non-hydrogen) atoms. The molecule has 0 saturated heterocycles. The Kier molecular flexibility index (Phi) is 6.51. The Bertz CT molecular complexity index is 760. The summed E-state index contributed by atoms with van der Waals surface area (Å²) in [4.78, 5) is 26.4. The van der Waals surface area contributed by atoms with Crippen LogP contribution in [0.3, 0.4) is 0 Å². The molecule has 0 aromatic rings. The molecule has 4 aliphatic rings. The fourth-order valence-electron chi connectivity index (χ4n) is 8.20. The number of aliphatic hydroxyl groups is 1. The van der Waals surface area contributed by atoms with Gasteiger partial charge < -0.3 is 5.11 Å². The van der Waals surface area contributed by atoms with Crippen molar-refractivity contribution in [3.63, 3.8) is 0 Å². The number of allylic oxidation sites excluding steroid dienone is 1. The lowest BCUT2D eigenvalue weighted by Gasteiger charge is -2.58. The van der Waals surface area contributed by atoms with Crippen LogP contribution in [0, 0.1) is 46.3 Å². The fraction of sp³-hybridized carbons (Fsp3) is 0.852. The molecular weight excluding hydrogens is 408 g/mol. The Morgan fingerprint density at radius 3 is 2.65 bits per heavy atom. The number of halogens is 1. The van der Waals surface area contributed by atoms with Crippen molar-refractivity contribution in [3.8, 4) is 0 Å². The van der Waals surface area contributed by atoms with Crippen LogP contribution in [0.25, 0.3) is 0 Å². The van der Waals surface area contributed by atoms with Gasteiger partial charge in [-0.1, -0.05) is 39.3 Å². The average Bonchev–Trinajstić information content (AvgIpc) is 3.01. The van der Waals surface area contributed by atoms with Crippen molar-refractivity contribution >= 4 is 23.2 Å². The molecule has 0 spiro atoms. The summed E-state index contributed by atoms with van der Waals surface area (Å²) < 4.78 is 0. The van der Waals surface area contributed by atoms with E-state index in [4.69, 9.17) is 11.6 Å². The third-order valence-corrected chi connectivity index (χ3v) is 10.7. The molecule has 3 saturated carbocycles. The summed E-state index contributed by atoms with van der Waals surface area (Å²) in [5.74, 6) is 2.74. The van der Waals surface area contributed by atoms with Crippen LogP contribution in [0.4, 0.5) is 0 Å². The van der Waals surface area contributed by atoms with Gasteiger partial charge in [-0.25, -0.2) is 0 Å². The number of Topliss-reactive ketones (excluding diaryl/α,β-unsaturated/α-hetero) is 2. The van der Waals surface area contributed by atoms with E-state index >= 15 is 0 Å². The second-order valence-electron chi connectivity index (χ2n) is 11.9. The van der Waals surface area contributed by atoms with E-state index in [2.05, 4.69) is 26.8 Å². The molecule has 0 radical (unpaired) electrons. The SMILES string of the molecule is C[C@@H](CCl)CCC(=O)[C@@H](C)[C@H]1C(=O)C[C@@H]2[C@@H]3CC=C4C[C@@H](O)CC[C@]4(C)[C@H]3CC[C@@]21C. The van der Waals surface area contributed by atoms with Crippen molar-refractivity contribution in [2.45, 2.75) is 91.6 Å². The van der Waals surface area contributed by atoms with Crippen LogP contribution in [0.1, 0.15) is 85.5 Å². The van der Waals surface area contributed by atoms with Crippen molar-refractivity contribution < 1.29 is 14.7 Å². The smallest absolute Gasteiger partial charge is 0.137 e. The Hall–Kier alpha value is -0.670. The maximum absolute atomic E-state index is 13.3. The normalized spacial score (nSPS) is 44.0. The Labute approximate surface area is 193 Å². The van der Waals surface area contributed by atoms with Crippen LogP contribution in [0.2, 0.25) is 0 Å². The average molecular weight is 449 g/mol. The quantitative estimate of drug-likeness (QED) is 0.402. The number of alkyl halides is 1. The van der Waals surface area contributed by atoms with E-state index in [1.54, 1.807) is 0 Å². The number of ketones is 2. The molecule has 4 heteroatoms. The first-order valence-corrected chi connectivity index (χ1v) is 13.1. The van der Waals surface area contributed by atoms with Gasteiger partial charge in [0.2, 0.25) is 0 Å². The second-order valence-corrected chi connectivity index (χ2v) is 12.2. The lowest BCUT2D eigenvalue weighted by atomic mass is 9.47.